The third-order valence-electron chi connectivity index (χ3n) is 4.81. The highest BCUT2D eigenvalue weighted by Crippen LogP contribution is 2.10. The predicted octanol–water partition coefficient (Wildman–Crippen LogP) is 2.64. The summed E-state index contributed by atoms with van der Waals surface area (Å²) in [5, 5.41) is 12.3. The van der Waals surface area contributed by atoms with Crippen LogP contribution in [0.15, 0.2) is 60.7 Å². The molecular formula is C24H30N2O5. The molecule has 0 bridgehead atoms. The lowest BCUT2D eigenvalue weighted by Crippen LogP contribution is -2.51. The van der Waals surface area contributed by atoms with Gasteiger partial charge in [-0.25, -0.2) is 0 Å². The number of amides is 1. The molecule has 2 aromatic carbocycles. The van der Waals surface area contributed by atoms with E-state index in [1.807, 2.05) is 60.7 Å². The van der Waals surface area contributed by atoms with Gasteiger partial charge >= 0.3 is 11.9 Å². The third kappa shape index (κ3) is 8.22. The van der Waals surface area contributed by atoms with Crippen LogP contribution in [0.3, 0.4) is 0 Å². The maximum absolute atomic E-state index is 13.0. The Bertz CT molecular complexity index is 842. The molecule has 0 aromatic heterocycles. The number of rotatable bonds is 12. The summed E-state index contributed by atoms with van der Waals surface area (Å²) < 4.78 is 5.17. The molecule has 2 rings (SSSR count). The fourth-order valence-corrected chi connectivity index (χ4v) is 3.29. The monoisotopic (exact) mass is 426 g/mol. The second kappa shape index (κ2) is 12.5. The Morgan fingerprint density at radius 1 is 1.00 bits per heavy atom. The van der Waals surface area contributed by atoms with Crippen LogP contribution < -0.4 is 5.32 Å². The molecule has 0 aliphatic heterocycles. The summed E-state index contributed by atoms with van der Waals surface area (Å²) in [6.45, 7) is 3.36. The molecule has 0 aliphatic rings. The first kappa shape index (κ1) is 24.1. The van der Waals surface area contributed by atoms with Crippen molar-refractivity contribution in [3.05, 3.63) is 71.8 Å². The number of esters is 1. The van der Waals surface area contributed by atoms with Crippen LogP contribution in [0.2, 0.25) is 0 Å². The van der Waals surface area contributed by atoms with Crippen LogP contribution in [-0.4, -0.2) is 53.1 Å². The highest BCUT2D eigenvalue weighted by molar-refractivity contribution is 5.86. The molecular weight excluding hydrogens is 396 g/mol. The number of aliphatic carboxylic acids is 1. The highest BCUT2D eigenvalue weighted by Gasteiger charge is 2.28. The van der Waals surface area contributed by atoms with Crippen molar-refractivity contribution in [3.8, 4) is 0 Å². The Morgan fingerprint density at radius 2 is 1.58 bits per heavy atom. The second-order valence-corrected chi connectivity index (χ2v) is 7.29. The molecule has 0 saturated heterocycles. The van der Waals surface area contributed by atoms with E-state index in [0.717, 1.165) is 11.1 Å². The minimum atomic E-state index is -1.09. The first-order chi connectivity index (χ1) is 14.9. The first-order valence-electron chi connectivity index (χ1n) is 10.4. The SMILES string of the molecule is CCOC(=O)[C@H](CCc1ccccc1)N[C@@H](C)C(=O)N(CC(=O)O)Cc1ccccc1. The van der Waals surface area contributed by atoms with Crippen LogP contribution in [0, 0.1) is 0 Å². The van der Waals surface area contributed by atoms with Crippen molar-refractivity contribution in [3.63, 3.8) is 0 Å². The van der Waals surface area contributed by atoms with Crippen molar-refractivity contribution in [1.82, 2.24) is 10.2 Å². The van der Waals surface area contributed by atoms with Crippen molar-refractivity contribution in [2.75, 3.05) is 13.2 Å². The second-order valence-electron chi connectivity index (χ2n) is 7.29. The van der Waals surface area contributed by atoms with Crippen LogP contribution in [0.25, 0.3) is 0 Å². The molecule has 0 spiro atoms. The van der Waals surface area contributed by atoms with E-state index in [2.05, 4.69) is 5.32 Å². The Kier molecular flexibility index (Phi) is 9.71. The smallest absolute Gasteiger partial charge is 0.323 e. The maximum atomic E-state index is 13.0. The van der Waals surface area contributed by atoms with Crippen LogP contribution in [-0.2, 0) is 32.1 Å². The van der Waals surface area contributed by atoms with Gasteiger partial charge in [-0.15, -0.1) is 0 Å². The molecule has 0 aliphatic carbocycles. The van der Waals surface area contributed by atoms with Gasteiger partial charge < -0.3 is 14.7 Å². The van der Waals surface area contributed by atoms with Gasteiger partial charge in [0.05, 0.1) is 12.6 Å². The number of carbonyl (C=O) groups is 3. The van der Waals surface area contributed by atoms with Crippen molar-refractivity contribution in [2.24, 2.45) is 0 Å². The van der Waals surface area contributed by atoms with Gasteiger partial charge in [-0.1, -0.05) is 60.7 Å². The zero-order valence-corrected chi connectivity index (χ0v) is 18.0. The highest BCUT2D eigenvalue weighted by atomic mass is 16.5. The molecule has 31 heavy (non-hydrogen) atoms. The normalized spacial score (nSPS) is 12.6. The lowest BCUT2D eigenvalue weighted by Gasteiger charge is -2.27. The van der Waals surface area contributed by atoms with E-state index < -0.39 is 30.6 Å². The van der Waals surface area contributed by atoms with Gasteiger partial charge in [0.1, 0.15) is 12.6 Å². The predicted molar refractivity (Wildman–Crippen MR) is 117 cm³/mol. The summed E-state index contributed by atoms with van der Waals surface area (Å²) in [5.41, 5.74) is 1.91. The van der Waals surface area contributed by atoms with Gasteiger partial charge in [0.2, 0.25) is 5.91 Å². The number of carboxylic acids is 1. The average Bonchev–Trinajstić information content (AvgIpc) is 2.76. The van der Waals surface area contributed by atoms with Gasteiger partial charge in [0, 0.05) is 6.54 Å². The molecule has 0 radical (unpaired) electrons. The van der Waals surface area contributed by atoms with Gasteiger partial charge in [-0.05, 0) is 37.8 Å². The van der Waals surface area contributed by atoms with Crippen molar-refractivity contribution in [1.29, 1.82) is 0 Å². The lowest BCUT2D eigenvalue weighted by atomic mass is 10.0. The number of carboxylic acid groups (broad SMARTS) is 1. The molecule has 166 valence electrons. The van der Waals surface area contributed by atoms with Gasteiger partial charge in [-0.3, -0.25) is 19.7 Å². The quantitative estimate of drug-likeness (QED) is 0.507. The lowest BCUT2D eigenvalue weighted by molar-refractivity contribution is -0.148. The number of hydrogen-bond acceptors (Lipinski definition) is 5. The summed E-state index contributed by atoms with van der Waals surface area (Å²) in [5.74, 6) is -1.91. The minimum Gasteiger partial charge on any atom is -0.480 e. The van der Waals surface area contributed by atoms with E-state index in [-0.39, 0.29) is 19.1 Å². The van der Waals surface area contributed by atoms with E-state index in [1.165, 1.54) is 4.90 Å². The molecule has 7 heteroatoms. The Labute approximate surface area is 183 Å². The van der Waals surface area contributed by atoms with Gasteiger partial charge in [-0.2, -0.15) is 0 Å². The molecule has 7 nitrogen and oxygen atoms in total. The molecule has 2 atom stereocenters. The standard InChI is InChI=1S/C24H30N2O5/c1-3-31-24(30)21(15-14-19-10-6-4-7-11-19)25-18(2)23(29)26(17-22(27)28)16-20-12-8-5-9-13-20/h4-13,18,21,25H,3,14-17H2,1-2H3,(H,27,28)/t18-,21-/m0/s1. The van der Waals surface area contributed by atoms with Gasteiger partial charge in [0.15, 0.2) is 0 Å². The zero-order chi connectivity index (χ0) is 22.6. The largest absolute Gasteiger partial charge is 0.480 e. The third-order valence-corrected chi connectivity index (χ3v) is 4.81. The zero-order valence-electron chi connectivity index (χ0n) is 18.0. The van der Waals surface area contributed by atoms with Crippen molar-refractivity contribution < 1.29 is 24.2 Å². The number of aryl methyl sites for hydroxylation is 1. The molecule has 0 fully saturated rings. The summed E-state index contributed by atoms with van der Waals surface area (Å²) in [4.78, 5) is 38.1. The molecule has 2 N–H and O–H groups in total. The Balaban J connectivity index is 2.08. The number of nitrogens with one attached hydrogen (secondary N) is 1. The number of nitrogens with zero attached hydrogens (tertiary/aromatic N) is 1. The Hall–Kier alpha value is -3.19. The van der Waals surface area contributed by atoms with E-state index in [4.69, 9.17) is 4.74 Å². The number of hydrogen-bond donors (Lipinski definition) is 2. The molecule has 1 amide bonds. The number of benzene rings is 2. The summed E-state index contributed by atoms with van der Waals surface area (Å²) in [6.07, 6.45) is 1.10. The summed E-state index contributed by atoms with van der Waals surface area (Å²) in [7, 11) is 0. The van der Waals surface area contributed by atoms with Crippen LogP contribution >= 0.6 is 0 Å². The molecule has 0 heterocycles. The van der Waals surface area contributed by atoms with E-state index in [0.29, 0.717) is 12.8 Å². The van der Waals surface area contributed by atoms with E-state index >= 15 is 0 Å². The van der Waals surface area contributed by atoms with Crippen LogP contribution in [0.1, 0.15) is 31.4 Å². The summed E-state index contributed by atoms with van der Waals surface area (Å²) >= 11 is 0. The fourth-order valence-electron chi connectivity index (χ4n) is 3.29. The van der Waals surface area contributed by atoms with Crippen LogP contribution in [0.4, 0.5) is 0 Å². The average molecular weight is 427 g/mol. The van der Waals surface area contributed by atoms with Crippen molar-refractivity contribution >= 4 is 17.8 Å². The fraction of sp³-hybridized carbons (Fsp3) is 0.375. The van der Waals surface area contributed by atoms with Crippen molar-refractivity contribution in [2.45, 2.75) is 45.3 Å². The molecule has 0 unspecified atom stereocenters. The van der Waals surface area contributed by atoms with E-state index in [1.54, 1.807) is 13.8 Å². The number of ether oxygens (including phenoxy) is 1. The Morgan fingerprint density at radius 3 is 2.13 bits per heavy atom. The van der Waals surface area contributed by atoms with E-state index in [9.17, 15) is 19.5 Å². The van der Waals surface area contributed by atoms with Gasteiger partial charge in [0.25, 0.3) is 0 Å². The minimum absolute atomic E-state index is 0.173. The molecule has 0 saturated carbocycles. The maximum Gasteiger partial charge on any atom is 0.323 e. The van der Waals surface area contributed by atoms with Crippen LogP contribution in [0.5, 0.6) is 0 Å². The first-order valence-corrected chi connectivity index (χ1v) is 10.4. The topological polar surface area (TPSA) is 95.9 Å². The summed E-state index contributed by atoms with van der Waals surface area (Å²) in [6, 6.07) is 17.5. The molecule has 2 aromatic rings. The number of carbonyl (C=O) groups excluding carboxylic acids is 2.